The van der Waals surface area contributed by atoms with Gasteiger partial charge in [0.05, 0.1) is 22.6 Å². The van der Waals surface area contributed by atoms with Crippen LogP contribution in [0.5, 0.6) is 5.75 Å². The van der Waals surface area contributed by atoms with Gasteiger partial charge in [0.2, 0.25) is 0 Å². The minimum atomic E-state index is -3.84. The Morgan fingerprint density at radius 2 is 1.28 bits per heavy atom. The zero-order valence-electron chi connectivity index (χ0n) is 20.8. The van der Waals surface area contributed by atoms with Gasteiger partial charge >= 0.3 is 0 Å². The summed E-state index contributed by atoms with van der Waals surface area (Å²) in [4.78, 5) is 12.8. The van der Waals surface area contributed by atoms with E-state index in [1.165, 1.54) is 87.0 Å². The first-order chi connectivity index (χ1) is 18.5. The molecule has 4 rings (SSSR count). The van der Waals surface area contributed by atoms with Crippen LogP contribution in [-0.2, 0) is 20.0 Å². The number of amides is 1. The summed E-state index contributed by atoms with van der Waals surface area (Å²) in [6, 6.07) is 24.0. The van der Waals surface area contributed by atoms with E-state index in [2.05, 4.69) is 10.0 Å². The Kier molecular flexibility index (Phi) is 8.14. The molecule has 0 saturated carbocycles. The molecule has 1 amide bonds. The van der Waals surface area contributed by atoms with Crippen LogP contribution in [0.1, 0.15) is 10.4 Å². The second-order valence-corrected chi connectivity index (χ2v) is 12.4. The van der Waals surface area contributed by atoms with Gasteiger partial charge in [0.25, 0.3) is 26.0 Å². The number of sulfonamides is 2. The number of carbonyl (C=O) groups is 1. The van der Waals surface area contributed by atoms with E-state index < -0.39 is 26.0 Å². The van der Waals surface area contributed by atoms with Gasteiger partial charge in [-0.05, 0) is 97.1 Å². The Balaban J connectivity index is 1.41. The molecule has 0 aromatic heterocycles. The van der Waals surface area contributed by atoms with Crippen LogP contribution in [-0.4, -0.2) is 36.9 Å². The lowest BCUT2D eigenvalue weighted by atomic mass is 10.2. The molecule has 0 unspecified atom stereocenters. The van der Waals surface area contributed by atoms with Crippen molar-refractivity contribution in [3.8, 4) is 5.75 Å². The standard InChI is InChI=1S/C27H24ClN3O6S2/c1-31(39(35,36)26-15-5-20(28)6-16-26)23-11-3-19(4-12-23)27(32)29-21-9-17-25(18-10-21)38(33,34)30-22-7-13-24(37-2)14-8-22/h3-18,30H,1-2H3,(H,29,32). The Hall–Kier alpha value is -4.06. The largest absolute Gasteiger partial charge is 0.497 e. The molecular formula is C27H24ClN3O6S2. The summed E-state index contributed by atoms with van der Waals surface area (Å²) in [5.74, 6) is 0.152. The lowest BCUT2D eigenvalue weighted by Gasteiger charge is -2.20. The lowest BCUT2D eigenvalue weighted by Crippen LogP contribution is -2.26. The molecule has 4 aromatic carbocycles. The maximum Gasteiger partial charge on any atom is 0.264 e. The van der Waals surface area contributed by atoms with Gasteiger partial charge in [0.15, 0.2) is 0 Å². The summed E-state index contributed by atoms with van der Waals surface area (Å²) < 4.78 is 59.8. The number of halogens is 1. The number of nitrogens with one attached hydrogen (secondary N) is 2. The third kappa shape index (κ3) is 6.51. The fourth-order valence-electron chi connectivity index (χ4n) is 3.52. The van der Waals surface area contributed by atoms with E-state index >= 15 is 0 Å². The van der Waals surface area contributed by atoms with Crippen LogP contribution in [0.15, 0.2) is 107 Å². The van der Waals surface area contributed by atoms with Gasteiger partial charge in [-0.2, -0.15) is 0 Å². The van der Waals surface area contributed by atoms with Crippen LogP contribution >= 0.6 is 11.6 Å². The van der Waals surface area contributed by atoms with Crippen LogP contribution < -0.4 is 19.1 Å². The molecule has 0 spiro atoms. The number of carbonyl (C=O) groups excluding carboxylic acids is 1. The SMILES string of the molecule is COc1ccc(NS(=O)(=O)c2ccc(NC(=O)c3ccc(N(C)S(=O)(=O)c4ccc(Cl)cc4)cc3)cc2)cc1. The van der Waals surface area contributed by atoms with E-state index in [0.717, 1.165) is 4.31 Å². The molecule has 0 bridgehead atoms. The van der Waals surface area contributed by atoms with Crippen molar-refractivity contribution in [2.75, 3.05) is 28.5 Å². The molecule has 0 saturated heterocycles. The van der Waals surface area contributed by atoms with Crippen LogP contribution in [0.4, 0.5) is 17.1 Å². The van der Waals surface area contributed by atoms with Gasteiger partial charge in [-0.15, -0.1) is 0 Å². The molecule has 202 valence electrons. The minimum Gasteiger partial charge on any atom is -0.497 e. The summed E-state index contributed by atoms with van der Waals surface area (Å²) in [6.45, 7) is 0. The molecule has 0 aliphatic carbocycles. The fraction of sp³-hybridized carbons (Fsp3) is 0.0741. The second kappa shape index (κ2) is 11.4. The van der Waals surface area contributed by atoms with E-state index in [9.17, 15) is 21.6 Å². The molecule has 12 heteroatoms. The zero-order chi connectivity index (χ0) is 28.2. The summed E-state index contributed by atoms with van der Waals surface area (Å²) in [5, 5.41) is 3.12. The summed E-state index contributed by atoms with van der Waals surface area (Å²) in [5.41, 5.74) is 1.41. The quantitative estimate of drug-likeness (QED) is 0.277. The van der Waals surface area contributed by atoms with Crippen LogP contribution in [0.2, 0.25) is 5.02 Å². The van der Waals surface area contributed by atoms with Crippen molar-refractivity contribution in [3.05, 3.63) is 108 Å². The normalized spacial score (nSPS) is 11.5. The molecule has 0 aliphatic rings. The maximum absolute atomic E-state index is 12.9. The summed E-state index contributed by atoms with van der Waals surface area (Å²) in [7, 11) is -4.72. The van der Waals surface area contributed by atoms with Crippen molar-refractivity contribution >= 4 is 54.6 Å². The van der Waals surface area contributed by atoms with Gasteiger partial charge in [-0.3, -0.25) is 13.8 Å². The van der Waals surface area contributed by atoms with Gasteiger partial charge in [0.1, 0.15) is 5.75 Å². The van der Waals surface area contributed by atoms with E-state index in [-0.39, 0.29) is 15.4 Å². The van der Waals surface area contributed by atoms with Gasteiger partial charge in [0, 0.05) is 29.0 Å². The highest BCUT2D eigenvalue weighted by atomic mass is 35.5. The molecule has 0 heterocycles. The molecule has 0 aliphatic heterocycles. The Morgan fingerprint density at radius 1 is 0.744 bits per heavy atom. The van der Waals surface area contributed by atoms with Crippen molar-refractivity contribution in [2.24, 2.45) is 0 Å². The molecule has 0 atom stereocenters. The monoisotopic (exact) mass is 585 g/mol. The molecule has 9 nitrogen and oxygen atoms in total. The number of methoxy groups -OCH3 is 1. The highest BCUT2D eigenvalue weighted by Crippen LogP contribution is 2.25. The lowest BCUT2D eigenvalue weighted by molar-refractivity contribution is 0.102. The average Bonchev–Trinajstić information content (AvgIpc) is 2.93. The Bertz CT molecular complexity index is 1670. The zero-order valence-corrected chi connectivity index (χ0v) is 23.2. The second-order valence-electron chi connectivity index (χ2n) is 8.29. The smallest absolute Gasteiger partial charge is 0.264 e. The van der Waals surface area contributed by atoms with E-state index in [1.807, 2.05) is 0 Å². The van der Waals surface area contributed by atoms with Gasteiger partial charge in [-0.25, -0.2) is 16.8 Å². The highest BCUT2D eigenvalue weighted by molar-refractivity contribution is 7.93. The first kappa shape index (κ1) is 28.0. The number of anilines is 3. The number of benzene rings is 4. The number of nitrogens with zero attached hydrogens (tertiary/aromatic N) is 1. The number of hydrogen-bond donors (Lipinski definition) is 2. The molecular weight excluding hydrogens is 562 g/mol. The van der Waals surface area contributed by atoms with Gasteiger partial charge in [-0.1, -0.05) is 11.6 Å². The summed E-state index contributed by atoms with van der Waals surface area (Å²) >= 11 is 5.85. The van der Waals surface area contributed by atoms with Gasteiger partial charge < -0.3 is 10.1 Å². The predicted octanol–water partition coefficient (Wildman–Crippen LogP) is 5.23. The molecule has 0 fully saturated rings. The fourth-order valence-corrected chi connectivity index (χ4v) is 5.90. The van der Waals surface area contributed by atoms with Crippen molar-refractivity contribution < 1.29 is 26.4 Å². The van der Waals surface area contributed by atoms with E-state index in [0.29, 0.717) is 27.8 Å². The van der Waals surface area contributed by atoms with Crippen molar-refractivity contribution in [3.63, 3.8) is 0 Å². The van der Waals surface area contributed by atoms with E-state index in [4.69, 9.17) is 16.3 Å². The summed E-state index contributed by atoms with van der Waals surface area (Å²) in [6.07, 6.45) is 0. The molecule has 4 aromatic rings. The first-order valence-electron chi connectivity index (χ1n) is 11.4. The third-order valence-electron chi connectivity index (χ3n) is 5.73. The van der Waals surface area contributed by atoms with Crippen molar-refractivity contribution in [1.82, 2.24) is 0 Å². The molecule has 0 radical (unpaired) electrons. The third-order valence-corrected chi connectivity index (χ3v) is 9.18. The average molecular weight is 586 g/mol. The van der Waals surface area contributed by atoms with Crippen molar-refractivity contribution in [1.29, 1.82) is 0 Å². The van der Waals surface area contributed by atoms with Crippen molar-refractivity contribution in [2.45, 2.75) is 9.79 Å². The van der Waals surface area contributed by atoms with Crippen LogP contribution in [0.25, 0.3) is 0 Å². The molecule has 39 heavy (non-hydrogen) atoms. The topological polar surface area (TPSA) is 122 Å². The predicted molar refractivity (Wildman–Crippen MR) is 152 cm³/mol. The number of ether oxygens (including phenoxy) is 1. The van der Waals surface area contributed by atoms with Crippen LogP contribution in [0, 0.1) is 0 Å². The minimum absolute atomic E-state index is 0.0191. The Labute approximate surface area is 232 Å². The Morgan fingerprint density at radius 3 is 1.85 bits per heavy atom. The van der Waals surface area contributed by atoms with E-state index in [1.54, 1.807) is 24.3 Å². The highest BCUT2D eigenvalue weighted by Gasteiger charge is 2.21. The number of rotatable bonds is 9. The maximum atomic E-state index is 12.9. The number of hydrogen-bond acceptors (Lipinski definition) is 6. The molecule has 2 N–H and O–H groups in total. The first-order valence-corrected chi connectivity index (χ1v) is 14.7. The van der Waals surface area contributed by atoms with Crippen LogP contribution in [0.3, 0.4) is 0 Å².